The van der Waals surface area contributed by atoms with Gasteiger partial charge >= 0.3 is 5.97 Å². The van der Waals surface area contributed by atoms with Crippen molar-refractivity contribution in [1.82, 2.24) is 0 Å². The van der Waals surface area contributed by atoms with E-state index in [9.17, 15) is 4.79 Å². The summed E-state index contributed by atoms with van der Waals surface area (Å²) in [6.07, 6.45) is 0. The minimum Gasteiger partial charge on any atom is -0.454 e. The Morgan fingerprint density at radius 3 is 2.93 bits per heavy atom. The van der Waals surface area contributed by atoms with E-state index in [0.717, 1.165) is 0 Å². The van der Waals surface area contributed by atoms with Gasteiger partial charge in [0.1, 0.15) is 11.8 Å². The molecule has 1 atom stereocenters. The summed E-state index contributed by atoms with van der Waals surface area (Å²) in [7, 11) is 0. The van der Waals surface area contributed by atoms with E-state index in [1.807, 2.05) is 0 Å². The van der Waals surface area contributed by atoms with Gasteiger partial charge in [0.05, 0.1) is 0 Å². The summed E-state index contributed by atoms with van der Waals surface area (Å²) in [5.74, 6) is 1.15. The van der Waals surface area contributed by atoms with Crippen LogP contribution in [0.15, 0.2) is 18.2 Å². The molecule has 0 saturated heterocycles. The summed E-state index contributed by atoms with van der Waals surface area (Å²) in [5, 5.41) is 0. The maximum Gasteiger partial charge on any atom is 0.328 e. The first-order valence-electron chi connectivity index (χ1n) is 4.54. The number of benzene rings is 1. The number of nitrogens with two attached hydrogens (primary N) is 1. The third-order valence-corrected chi connectivity index (χ3v) is 1.93. The number of carbonyl (C=O) groups excluding carboxylic acids is 1. The summed E-state index contributed by atoms with van der Waals surface area (Å²) in [4.78, 5) is 11.2. The van der Waals surface area contributed by atoms with Gasteiger partial charge in [-0.3, -0.25) is 0 Å². The average Bonchev–Trinajstić information content (AvgIpc) is 2.64. The van der Waals surface area contributed by atoms with Gasteiger partial charge in [-0.1, -0.05) is 0 Å². The first-order valence-corrected chi connectivity index (χ1v) is 4.54. The Bertz CT molecular complexity index is 389. The molecule has 5 heteroatoms. The molecular formula is C10H11NO4. The van der Waals surface area contributed by atoms with E-state index >= 15 is 0 Å². The van der Waals surface area contributed by atoms with Gasteiger partial charge in [0.2, 0.25) is 6.79 Å². The lowest BCUT2D eigenvalue weighted by atomic mass is 10.3. The fourth-order valence-corrected chi connectivity index (χ4v) is 1.15. The van der Waals surface area contributed by atoms with Gasteiger partial charge in [-0.2, -0.15) is 0 Å². The van der Waals surface area contributed by atoms with E-state index in [2.05, 4.69) is 0 Å². The molecule has 0 aromatic heterocycles. The molecule has 1 aliphatic rings. The van der Waals surface area contributed by atoms with Crippen molar-refractivity contribution in [3.63, 3.8) is 0 Å². The molecule has 2 N–H and O–H groups in total. The number of fused-ring (bicyclic) bond motifs is 1. The monoisotopic (exact) mass is 209 g/mol. The molecule has 0 spiro atoms. The summed E-state index contributed by atoms with van der Waals surface area (Å²) in [6.45, 7) is 1.76. The van der Waals surface area contributed by atoms with Crippen LogP contribution in [0.1, 0.15) is 6.92 Å². The van der Waals surface area contributed by atoms with E-state index in [0.29, 0.717) is 17.2 Å². The summed E-state index contributed by atoms with van der Waals surface area (Å²) >= 11 is 0. The predicted octanol–water partition coefficient (Wildman–Crippen LogP) is 0.668. The molecular weight excluding hydrogens is 198 g/mol. The first-order chi connectivity index (χ1) is 7.16. The third-order valence-electron chi connectivity index (χ3n) is 1.93. The molecule has 1 heterocycles. The lowest BCUT2D eigenvalue weighted by Crippen LogP contribution is -2.30. The van der Waals surface area contributed by atoms with Crippen LogP contribution in [0.2, 0.25) is 0 Å². The Kier molecular flexibility index (Phi) is 2.47. The molecule has 80 valence electrons. The minimum atomic E-state index is -0.643. The van der Waals surface area contributed by atoms with Crippen molar-refractivity contribution in [3.8, 4) is 17.2 Å². The van der Waals surface area contributed by atoms with Gasteiger partial charge in [0, 0.05) is 6.07 Å². The smallest absolute Gasteiger partial charge is 0.328 e. The summed E-state index contributed by atoms with van der Waals surface area (Å²) in [6, 6.07) is 4.28. The second-order valence-corrected chi connectivity index (χ2v) is 3.22. The van der Waals surface area contributed by atoms with Crippen LogP contribution in [0.5, 0.6) is 17.2 Å². The first kappa shape index (κ1) is 9.79. The van der Waals surface area contributed by atoms with Crippen LogP contribution in [0, 0.1) is 0 Å². The molecule has 1 aromatic rings. The number of ether oxygens (including phenoxy) is 3. The second-order valence-electron chi connectivity index (χ2n) is 3.22. The zero-order valence-electron chi connectivity index (χ0n) is 8.23. The molecule has 0 amide bonds. The van der Waals surface area contributed by atoms with Crippen LogP contribution in [0.25, 0.3) is 0 Å². The standard InChI is InChI=1S/C10H11NO4/c1-6(11)10(12)15-7-2-3-8-9(4-7)14-5-13-8/h2-4,6H,5,11H2,1H3. The molecule has 1 aromatic carbocycles. The maximum absolute atomic E-state index is 11.2. The van der Waals surface area contributed by atoms with Crippen LogP contribution in [-0.2, 0) is 4.79 Å². The van der Waals surface area contributed by atoms with E-state index in [4.69, 9.17) is 19.9 Å². The van der Waals surface area contributed by atoms with Gasteiger partial charge in [-0.05, 0) is 19.1 Å². The molecule has 2 rings (SSSR count). The average molecular weight is 209 g/mol. The van der Waals surface area contributed by atoms with Crippen molar-refractivity contribution in [1.29, 1.82) is 0 Å². The number of carbonyl (C=O) groups is 1. The third kappa shape index (κ3) is 2.02. The second kappa shape index (κ2) is 3.78. The van der Waals surface area contributed by atoms with Crippen molar-refractivity contribution >= 4 is 5.97 Å². The van der Waals surface area contributed by atoms with Crippen LogP contribution in [-0.4, -0.2) is 18.8 Å². The van der Waals surface area contributed by atoms with Crippen molar-refractivity contribution in [3.05, 3.63) is 18.2 Å². The number of esters is 1. The largest absolute Gasteiger partial charge is 0.454 e. The van der Waals surface area contributed by atoms with Crippen molar-refractivity contribution < 1.29 is 19.0 Å². The number of rotatable bonds is 2. The van der Waals surface area contributed by atoms with Crippen molar-refractivity contribution in [2.75, 3.05) is 6.79 Å². The molecule has 0 aliphatic carbocycles. The van der Waals surface area contributed by atoms with E-state index < -0.39 is 12.0 Å². The maximum atomic E-state index is 11.2. The molecule has 0 bridgehead atoms. The van der Waals surface area contributed by atoms with E-state index in [-0.39, 0.29) is 6.79 Å². The van der Waals surface area contributed by atoms with Gasteiger partial charge in [0.15, 0.2) is 11.5 Å². The fourth-order valence-electron chi connectivity index (χ4n) is 1.15. The molecule has 15 heavy (non-hydrogen) atoms. The molecule has 1 unspecified atom stereocenters. The Morgan fingerprint density at radius 2 is 2.20 bits per heavy atom. The summed E-state index contributed by atoms with van der Waals surface area (Å²) in [5.41, 5.74) is 5.37. The van der Waals surface area contributed by atoms with Gasteiger partial charge in [-0.15, -0.1) is 0 Å². The van der Waals surface area contributed by atoms with Crippen molar-refractivity contribution in [2.24, 2.45) is 5.73 Å². The molecule has 0 saturated carbocycles. The van der Waals surface area contributed by atoms with E-state index in [1.165, 1.54) is 0 Å². The molecule has 0 radical (unpaired) electrons. The number of hydrogen-bond acceptors (Lipinski definition) is 5. The molecule has 1 aliphatic heterocycles. The van der Waals surface area contributed by atoms with Crippen LogP contribution in [0.4, 0.5) is 0 Å². The normalized spacial score (nSPS) is 14.8. The summed E-state index contributed by atoms with van der Waals surface area (Å²) < 4.78 is 15.3. The number of hydrogen-bond donors (Lipinski definition) is 1. The highest BCUT2D eigenvalue weighted by atomic mass is 16.7. The Labute approximate surface area is 86.7 Å². The van der Waals surface area contributed by atoms with Crippen LogP contribution in [0.3, 0.4) is 0 Å². The molecule has 0 fully saturated rings. The van der Waals surface area contributed by atoms with Crippen LogP contribution < -0.4 is 19.9 Å². The van der Waals surface area contributed by atoms with Crippen molar-refractivity contribution in [2.45, 2.75) is 13.0 Å². The fraction of sp³-hybridized carbons (Fsp3) is 0.300. The van der Waals surface area contributed by atoms with Gasteiger partial charge in [-0.25, -0.2) is 4.79 Å². The highest BCUT2D eigenvalue weighted by Gasteiger charge is 2.16. The highest BCUT2D eigenvalue weighted by Crippen LogP contribution is 2.35. The zero-order chi connectivity index (χ0) is 10.8. The Morgan fingerprint density at radius 1 is 1.47 bits per heavy atom. The van der Waals surface area contributed by atoms with Crippen LogP contribution >= 0.6 is 0 Å². The SMILES string of the molecule is CC(N)C(=O)Oc1ccc2c(c1)OCO2. The van der Waals surface area contributed by atoms with E-state index in [1.54, 1.807) is 25.1 Å². The highest BCUT2D eigenvalue weighted by molar-refractivity contribution is 5.77. The minimum absolute atomic E-state index is 0.194. The lowest BCUT2D eigenvalue weighted by molar-refractivity contribution is -0.135. The molecule has 5 nitrogen and oxygen atoms in total. The Hall–Kier alpha value is -1.75. The lowest BCUT2D eigenvalue weighted by Gasteiger charge is -2.06. The Balaban J connectivity index is 2.13. The van der Waals surface area contributed by atoms with Gasteiger partial charge in [0.25, 0.3) is 0 Å². The quantitative estimate of drug-likeness (QED) is 0.572. The zero-order valence-corrected chi connectivity index (χ0v) is 8.23. The van der Waals surface area contributed by atoms with Gasteiger partial charge < -0.3 is 19.9 Å². The predicted molar refractivity (Wildman–Crippen MR) is 51.8 cm³/mol. The topological polar surface area (TPSA) is 70.8 Å².